The molecule has 8 rings (SSSR count). The van der Waals surface area contributed by atoms with Crippen LogP contribution in [0.25, 0.3) is 65.7 Å². The lowest BCUT2D eigenvalue weighted by Crippen LogP contribution is -1.87. The fourth-order valence-electron chi connectivity index (χ4n) is 6.26. The summed E-state index contributed by atoms with van der Waals surface area (Å²) in [4.78, 5) is 0. The van der Waals surface area contributed by atoms with Crippen LogP contribution in [0, 0.1) is 13.8 Å². The Morgan fingerprint density at radius 3 is 0.740 bits per heavy atom. The van der Waals surface area contributed by atoms with Crippen molar-refractivity contribution in [2.45, 2.75) is 96.9 Å². The van der Waals surface area contributed by atoms with Crippen LogP contribution in [0.3, 0.4) is 0 Å². The fourth-order valence-corrected chi connectivity index (χ4v) is 6.26. The van der Waals surface area contributed by atoms with Gasteiger partial charge in [0.15, 0.2) is 0 Å². The molecule has 0 aliphatic heterocycles. The molecule has 0 saturated carbocycles. The molecule has 0 atom stereocenters. The summed E-state index contributed by atoms with van der Waals surface area (Å²) >= 11 is 0. The monoisotopic (exact) mass is 665 g/mol. The van der Waals surface area contributed by atoms with E-state index in [4.69, 9.17) is 0 Å². The van der Waals surface area contributed by atoms with Crippen molar-refractivity contribution in [2.24, 2.45) is 0 Å². The average molecular weight is 665 g/mol. The zero-order valence-corrected chi connectivity index (χ0v) is 33.7. The van der Waals surface area contributed by atoms with E-state index >= 15 is 0 Å². The maximum absolute atomic E-state index is 2.25. The quantitative estimate of drug-likeness (QED) is 0.142. The maximum atomic E-state index is 2.25. The molecule has 0 heteroatoms. The van der Waals surface area contributed by atoms with E-state index in [-0.39, 0.29) is 0 Å². The number of fused-ring (bicyclic) bond motifs is 7. The van der Waals surface area contributed by atoms with Crippen LogP contribution in [0.5, 0.6) is 0 Å². The predicted molar refractivity (Wildman–Crippen MR) is 233 cm³/mol. The smallest absolute Gasteiger partial charge is 0.00264 e. The molecule has 7 aromatic carbocycles. The summed E-state index contributed by atoms with van der Waals surface area (Å²) in [6.45, 7) is 28.4. The fraction of sp³-hybridized carbons (Fsp3) is 0.280. The number of benzene rings is 7. The molecule has 264 valence electrons. The molecule has 7 aromatic rings. The molecule has 0 radical (unpaired) electrons. The third-order valence-electron chi connectivity index (χ3n) is 8.10. The van der Waals surface area contributed by atoms with Gasteiger partial charge in [-0.05, 0) is 90.7 Å². The first-order valence-corrected chi connectivity index (χ1v) is 19.3. The van der Waals surface area contributed by atoms with Crippen LogP contribution in [-0.4, -0.2) is 0 Å². The number of rotatable bonds is 0. The van der Waals surface area contributed by atoms with Gasteiger partial charge >= 0.3 is 0 Å². The highest BCUT2D eigenvalue weighted by Crippen LogP contribution is 2.47. The number of hydrogen-bond donors (Lipinski definition) is 0. The van der Waals surface area contributed by atoms with Gasteiger partial charge in [-0.2, -0.15) is 0 Å². The second-order valence-electron chi connectivity index (χ2n) is 10.1. The van der Waals surface area contributed by atoms with Gasteiger partial charge in [0.2, 0.25) is 0 Å². The summed E-state index contributed by atoms with van der Waals surface area (Å²) in [6, 6.07) is 48.0. The second-order valence-corrected chi connectivity index (χ2v) is 10.1. The lowest BCUT2D eigenvalue weighted by Gasteiger charge is -2.11. The minimum atomic E-state index is 1.31. The first-order chi connectivity index (χ1) is 24.7. The standard InChI is InChI=1S/C22H14.C16H14.6C2H6/c1-3-11-18-16(9-1)17-10-2-4-12-19(17)21-14-6-8-15-7-5-13-20(18)22(15)21;1-11-13-7-3-5-9-15(13)12(2)16-10-6-4-8-14(11)16;6*1-2/h1-14H;3-10H,1-2H3;6*1-2H3. The van der Waals surface area contributed by atoms with E-state index in [0.717, 1.165) is 0 Å². The Morgan fingerprint density at radius 1 is 0.240 bits per heavy atom. The minimum absolute atomic E-state index is 1.31. The molecule has 1 aliphatic carbocycles. The van der Waals surface area contributed by atoms with Crippen LogP contribution in [0.1, 0.15) is 94.2 Å². The Hall–Kier alpha value is -4.68. The van der Waals surface area contributed by atoms with Crippen LogP contribution in [0.15, 0.2) is 133 Å². The van der Waals surface area contributed by atoms with Crippen molar-refractivity contribution in [2.75, 3.05) is 0 Å². The summed E-state index contributed by atoms with van der Waals surface area (Å²) in [5.74, 6) is 0. The average Bonchev–Trinajstić information content (AvgIpc) is 3.36. The van der Waals surface area contributed by atoms with Crippen molar-refractivity contribution in [3.8, 4) is 33.4 Å². The van der Waals surface area contributed by atoms with Gasteiger partial charge < -0.3 is 0 Å². The molecule has 0 amide bonds. The zero-order valence-electron chi connectivity index (χ0n) is 33.7. The van der Waals surface area contributed by atoms with Crippen molar-refractivity contribution in [3.05, 3.63) is 145 Å². The van der Waals surface area contributed by atoms with Gasteiger partial charge in [-0.25, -0.2) is 0 Å². The Bertz CT molecular complexity index is 1790. The van der Waals surface area contributed by atoms with Gasteiger partial charge in [-0.15, -0.1) is 0 Å². The largest absolute Gasteiger partial charge is 0.0683 e. The Kier molecular flexibility index (Phi) is 20.5. The molecular formula is C50H64. The van der Waals surface area contributed by atoms with Crippen LogP contribution >= 0.6 is 0 Å². The minimum Gasteiger partial charge on any atom is -0.0683 e. The molecule has 0 saturated heterocycles. The van der Waals surface area contributed by atoms with Gasteiger partial charge in [0.05, 0.1) is 0 Å². The lowest BCUT2D eigenvalue weighted by atomic mass is 9.93. The molecule has 50 heavy (non-hydrogen) atoms. The van der Waals surface area contributed by atoms with Crippen molar-refractivity contribution in [1.82, 2.24) is 0 Å². The van der Waals surface area contributed by atoms with Crippen LogP contribution in [0.2, 0.25) is 0 Å². The highest BCUT2D eigenvalue weighted by molar-refractivity contribution is 6.13. The molecule has 0 fully saturated rings. The summed E-state index contributed by atoms with van der Waals surface area (Å²) in [7, 11) is 0. The molecule has 0 unspecified atom stereocenters. The Balaban J connectivity index is 0.000000396. The first kappa shape index (κ1) is 43.3. The predicted octanol–water partition coefficient (Wildman–Crippen LogP) is 16.9. The summed E-state index contributed by atoms with van der Waals surface area (Å²) < 4.78 is 0. The van der Waals surface area contributed by atoms with E-state index < -0.39 is 0 Å². The van der Waals surface area contributed by atoms with Crippen LogP contribution in [0.4, 0.5) is 0 Å². The summed E-state index contributed by atoms with van der Waals surface area (Å²) in [5, 5.41) is 8.17. The molecule has 0 heterocycles. The Morgan fingerprint density at radius 2 is 0.460 bits per heavy atom. The molecule has 0 nitrogen and oxygen atoms in total. The van der Waals surface area contributed by atoms with Gasteiger partial charge in [-0.3, -0.25) is 0 Å². The highest BCUT2D eigenvalue weighted by Gasteiger charge is 2.20. The molecule has 1 aliphatic rings. The topological polar surface area (TPSA) is 0 Å². The van der Waals surface area contributed by atoms with Crippen LogP contribution < -0.4 is 0 Å². The number of aryl methyl sites for hydroxylation is 2. The first-order valence-electron chi connectivity index (χ1n) is 19.3. The van der Waals surface area contributed by atoms with Gasteiger partial charge in [-0.1, -0.05) is 217 Å². The van der Waals surface area contributed by atoms with E-state index in [0.29, 0.717) is 0 Å². The maximum Gasteiger partial charge on any atom is -0.00264 e. The van der Waals surface area contributed by atoms with E-state index in [1.807, 2.05) is 83.1 Å². The molecule has 0 bridgehead atoms. The molecular weight excluding hydrogens is 601 g/mol. The third kappa shape index (κ3) is 9.30. The van der Waals surface area contributed by atoms with E-state index in [2.05, 4.69) is 147 Å². The van der Waals surface area contributed by atoms with Gasteiger partial charge in [0.1, 0.15) is 0 Å². The third-order valence-corrected chi connectivity index (χ3v) is 8.10. The van der Waals surface area contributed by atoms with E-state index in [1.165, 1.54) is 76.8 Å². The normalized spacial score (nSPS) is 9.40. The Labute approximate surface area is 306 Å². The SMILES string of the molecule is CC.CC.CC.CC.CC.CC.Cc1c2ccccc2c(C)c2ccccc12.c1ccc2c(c1)-c1ccccc1-c1cccc3cccc-2c13. The summed E-state index contributed by atoms with van der Waals surface area (Å²) in [5.41, 5.74) is 10.7. The van der Waals surface area contributed by atoms with Crippen molar-refractivity contribution < 1.29 is 0 Å². The summed E-state index contributed by atoms with van der Waals surface area (Å²) in [6.07, 6.45) is 0. The van der Waals surface area contributed by atoms with Crippen molar-refractivity contribution in [1.29, 1.82) is 0 Å². The van der Waals surface area contributed by atoms with Gasteiger partial charge in [0.25, 0.3) is 0 Å². The van der Waals surface area contributed by atoms with E-state index in [1.54, 1.807) is 0 Å². The van der Waals surface area contributed by atoms with Crippen LogP contribution in [-0.2, 0) is 0 Å². The molecule has 0 aromatic heterocycles. The number of hydrogen-bond acceptors (Lipinski definition) is 0. The zero-order chi connectivity index (χ0) is 37.6. The second kappa shape index (κ2) is 23.6. The van der Waals surface area contributed by atoms with Gasteiger partial charge in [0, 0.05) is 0 Å². The van der Waals surface area contributed by atoms with Crippen molar-refractivity contribution >= 4 is 32.3 Å². The van der Waals surface area contributed by atoms with Crippen molar-refractivity contribution in [3.63, 3.8) is 0 Å². The lowest BCUT2D eigenvalue weighted by molar-refractivity contribution is 1.50. The van der Waals surface area contributed by atoms with E-state index in [9.17, 15) is 0 Å². The highest BCUT2D eigenvalue weighted by atomic mass is 14.2. The molecule has 0 spiro atoms. The molecule has 0 N–H and O–H groups in total.